The fraction of sp³-hybridized carbons (Fsp3) is 0.105. The molecule has 4 nitrogen and oxygen atoms in total. The highest BCUT2D eigenvalue weighted by Gasteiger charge is 2.38. The molecular formula is C57H43N3O. The van der Waals surface area contributed by atoms with Crippen LogP contribution in [0, 0.1) is 13.8 Å². The van der Waals surface area contributed by atoms with Gasteiger partial charge in [-0.1, -0.05) is 127 Å². The van der Waals surface area contributed by atoms with E-state index < -0.39 is 17.7 Å². The van der Waals surface area contributed by atoms with E-state index in [-0.39, 0.29) is 5.56 Å². The fourth-order valence-electron chi connectivity index (χ4n) is 9.70. The fourth-order valence-corrected chi connectivity index (χ4v) is 9.70. The summed E-state index contributed by atoms with van der Waals surface area (Å²) in [4.78, 5) is 15.4. The summed E-state index contributed by atoms with van der Waals surface area (Å²) in [5.41, 5.74) is 6.76. The van der Waals surface area contributed by atoms with Crippen LogP contribution < -0.4 is 0 Å². The van der Waals surface area contributed by atoms with Crippen molar-refractivity contribution in [3.63, 3.8) is 0 Å². The second-order valence-corrected chi connectivity index (χ2v) is 16.4. The molecule has 7 aromatic carbocycles. The summed E-state index contributed by atoms with van der Waals surface area (Å²) in [6, 6.07) is 60.2. The van der Waals surface area contributed by atoms with Crippen molar-refractivity contribution in [2.24, 2.45) is 0 Å². The number of aryl methyl sites for hydroxylation is 1. The molecule has 4 aromatic heterocycles. The Kier molecular flexibility index (Phi) is 7.72. The minimum atomic E-state index is -2.49. The van der Waals surface area contributed by atoms with Crippen molar-refractivity contribution < 1.29 is 8.53 Å². The van der Waals surface area contributed by atoms with E-state index in [0.29, 0.717) is 28.2 Å². The van der Waals surface area contributed by atoms with E-state index in [4.69, 9.17) is 23.5 Å². The molecule has 0 aliphatic rings. The lowest BCUT2D eigenvalue weighted by Gasteiger charge is -2.32. The van der Waals surface area contributed by atoms with E-state index in [0.717, 1.165) is 71.2 Å². The van der Waals surface area contributed by atoms with Crippen LogP contribution in [0.4, 0.5) is 0 Å². The lowest BCUT2D eigenvalue weighted by Crippen LogP contribution is -2.29. The van der Waals surface area contributed by atoms with E-state index in [9.17, 15) is 0 Å². The molecule has 0 saturated carbocycles. The molecule has 61 heavy (non-hydrogen) atoms. The number of hydrogen-bond donors (Lipinski definition) is 0. The third-order valence-corrected chi connectivity index (χ3v) is 13.0. The summed E-state index contributed by atoms with van der Waals surface area (Å²) < 4.78 is 34.3. The second-order valence-electron chi connectivity index (χ2n) is 16.4. The first kappa shape index (κ1) is 33.4. The summed E-state index contributed by atoms with van der Waals surface area (Å²) in [6.07, 6.45) is 3.60. The maximum atomic E-state index is 8.99. The van der Waals surface area contributed by atoms with Gasteiger partial charge in [-0.15, -0.1) is 0 Å². The summed E-state index contributed by atoms with van der Waals surface area (Å²) in [6.45, 7) is 3.66. The first-order chi connectivity index (χ1) is 31.1. The number of nitrogens with zero attached hydrogens (tertiary/aromatic N) is 3. The second kappa shape index (κ2) is 14.1. The number of hydrogen-bond acceptors (Lipinski definition) is 4. The highest BCUT2D eigenvalue weighted by Crippen LogP contribution is 2.48. The van der Waals surface area contributed by atoms with E-state index in [2.05, 4.69) is 110 Å². The quantitative estimate of drug-likeness (QED) is 0.151. The standard InChI is InChI=1S/C57H43N3O/c1-36-33-49(60-55(37(36)2)57(4,39-21-9-6-10-22-39)51-28-16-18-32-59-51)48-35-40(56(3,38-19-7-5-8-20-38)50-27-15-17-31-58-50)34-47-46-30-29-45-43-25-12-11-23-41(43)42-24-13-14-26-44(42)52(45)54(46)61-53(47)48/h5-35H,1-4H3/t56?,57-/m1/s1/i2D3. The van der Waals surface area contributed by atoms with Crippen molar-refractivity contribution in [1.82, 2.24) is 15.0 Å². The maximum Gasteiger partial charge on any atom is 0.144 e. The maximum absolute atomic E-state index is 8.99. The van der Waals surface area contributed by atoms with Crippen LogP contribution in [0.15, 0.2) is 193 Å². The molecule has 0 aliphatic heterocycles. The molecule has 0 saturated heterocycles. The summed E-state index contributed by atoms with van der Waals surface area (Å²) in [5.74, 6) is 0. The Morgan fingerprint density at radius 3 is 1.61 bits per heavy atom. The van der Waals surface area contributed by atoms with Crippen molar-refractivity contribution in [2.75, 3.05) is 0 Å². The predicted molar refractivity (Wildman–Crippen MR) is 251 cm³/mol. The Labute approximate surface area is 359 Å². The molecule has 11 rings (SSSR count). The number of fused-ring (bicyclic) bond motifs is 10. The van der Waals surface area contributed by atoms with Crippen molar-refractivity contribution >= 4 is 54.3 Å². The van der Waals surface area contributed by atoms with Crippen LogP contribution in [0.2, 0.25) is 0 Å². The zero-order chi connectivity index (χ0) is 43.8. The van der Waals surface area contributed by atoms with Crippen molar-refractivity contribution in [3.8, 4) is 11.3 Å². The highest BCUT2D eigenvalue weighted by atomic mass is 16.3. The van der Waals surface area contributed by atoms with E-state index in [1.807, 2.05) is 92.8 Å². The smallest absolute Gasteiger partial charge is 0.144 e. The molecule has 0 amide bonds. The van der Waals surface area contributed by atoms with Crippen molar-refractivity contribution in [2.45, 2.75) is 38.5 Å². The molecule has 0 bridgehead atoms. The third-order valence-electron chi connectivity index (χ3n) is 13.0. The average Bonchev–Trinajstić information content (AvgIpc) is 3.72. The molecule has 1 unspecified atom stereocenters. The van der Waals surface area contributed by atoms with Gasteiger partial charge in [-0.2, -0.15) is 0 Å². The van der Waals surface area contributed by atoms with Crippen LogP contribution in [-0.2, 0) is 10.8 Å². The average molecular weight is 789 g/mol. The van der Waals surface area contributed by atoms with Gasteiger partial charge in [0.05, 0.1) is 33.6 Å². The number of rotatable bonds is 7. The van der Waals surface area contributed by atoms with Crippen molar-refractivity contribution in [3.05, 3.63) is 233 Å². The number of benzene rings is 7. The number of aromatic nitrogens is 3. The Hall–Kier alpha value is -7.43. The first-order valence-electron chi connectivity index (χ1n) is 22.3. The number of pyridine rings is 3. The molecule has 0 N–H and O–H groups in total. The topological polar surface area (TPSA) is 51.8 Å². The van der Waals surface area contributed by atoms with Gasteiger partial charge in [0.2, 0.25) is 0 Å². The van der Waals surface area contributed by atoms with Crippen molar-refractivity contribution in [1.29, 1.82) is 0 Å². The molecule has 2 atom stereocenters. The Bertz CT molecular complexity index is 3460. The van der Waals surface area contributed by atoms with Gasteiger partial charge in [0.15, 0.2) is 0 Å². The van der Waals surface area contributed by atoms with E-state index in [1.54, 1.807) is 6.20 Å². The normalized spacial score (nSPS) is 14.8. The van der Waals surface area contributed by atoms with Gasteiger partial charge in [0.25, 0.3) is 0 Å². The van der Waals surface area contributed by atoms with Gasteiger partial charge in [-0.3, -0.25) is 15.0 Å². The monoisotopic (exact) mass is 788 g/mol. The van der Waals surface area contributed by atoms with Crippen LogP contribution in [0.25, 0.3) is 65.5 Å². The highest BCUT2D eigenvalue weighted by molar-refractivity contribution is 6.32. The molecule has 0 radical (unpaired) electrons. The molecule has 292 valence electrons. The Morgan fingerprint density at radius 2 is 1.00 bits per heavy atom. The lowest BCUT2D eigenvalue weighted by atomic mass is 9.72. The largest absolute Gasteiger partial charge is 0.455 e. The predicted octanol–water partition coefficient (Wildman–Crippen LogP) is 14.2. The zero-order valence-electron chi connectivity index (χ0n) is 37.1. The summed E-state index contributed by atoms with van der Waals surface area (Å²) >= 11 is 0. The molecule has 4 heterocycles. The van der Waals surface area contributed by atoms with Gasteiger partial charge in [-0.25, -0.2) is 0 Å². The first-order valence-corrected chi connectivity index (χ1v) is 20.8. The number of furan rings is 1. The van der Waals surface area contributed by atoms with Crippen LogP contribution in [0.5, 0.6) is 0 Å². The molecule has 11 aromatic rings. The van der Waals surface area contributed by atoms with E-state index >= 15 is 0 Å². The van der Waals surface area contributed by atoms with Gasteiger partial charge < -0.3 is 4.42 Å². The van der Waals surface area contributed by atoms with Crippen LogP contribution in [-0.4, -0.2) is 15.0 Å². The van der Waals surface area contributed by atoms with Crippen LogP contribution in [0.3, 0.4) is 0 Å². The van der Waals surface area contributed by atoms with Gasteiger partial charge in [0, 0.05) is 38.2 Å². The molecule has 0 spiro atoms. The van der Waals surface area contributed by atoms with Crippen LogP contribution in [0.1, 0.15) is 62.9 Å². The summed E-state index contributed by atoms with van der Waals surface area (Å²) in [7, 11) is 0. The molecule has 0 aliphatic carbocycles. The lowest BCUT2D eigenvalue weighted by molar-refractivity contribution is 0.635. The van der Waals surface area contributed by atoms with Gasteiger partial charge in [-0.05, 0) is 131 Å². The minimum absolute atomic E-state index is 0.206. The van der Waals surface area contributed by atoms with Gasteiger partial charge >= 0.3 is 0 Å². The van der Waals surface area contributed by atoms with Crippen LogP contribution >= 0.6 is 0 Å². The molecule has 4 heteroatoms. The summed E-state index contributed by atoms with van der Waals surface area (Å²) in [5, 5.41) is 8.66. The Morgan fingerprint density at radius 1 is 0.475 bits per heavy atom. The molecular weight excluding hydrogens is 743 g/mol. The SMILES string of the molecule is [2H]C([2H])([2H])c1c(C)cc(-c2cc(C(C)(c3ccccc3)c3ccccn3)cc3c2oc2c3ccc3c4ccccc4c4ccccc4c32)nc1[C@](C)(c1ccccc1)c1ccccn1. The molecule has 0 fully saturated rings. The Balaban J connectivity index is 1.31. The zero-order valence-corrected chi connectivity index (χ0v) is 34.1. The minimum Gasteiger partial charge on any atom is -0.455 e. The third kappa shape index (κ3) is 5.55. The van der Waals surface area contributed by atoms with Gasteiger partial charge in [0.1, 0.15) is 11.2 Å². The van der Waals surface area contributed by atoms with E-state index in [1.165, 1.54) is 5.39 Å².